The van der Waals surface area contributed by atoms with Crippen molar-refractivity contribution in [3.63, 3.8) is 0 Å². The van der Waals surface area contributed by atoms with Gasteiger partial charge in [0.1, 0.15) is 0 Å². The average Bonchev–Trinajstić information content (AvgIpc) is 3.03. The summed E-state index contributed by atoms with van der Waals surface area (Å²) in [5, 5.41) is 7.13. The van der Waals surface area contributed by atoms with E-state index in [1.807, 2.05) is 6.92 Å². The molecule has 0 unspecified atom stereocenters. The van der Waals surface area contributed by atoms with Gasteiger partial charge in [0, 0.05) is 24.7 Å². The van der Waals surface area contributed by atoms with Crippen molar-refractivity contribution in [3.05, 3.63) is 60.0 Å². The zero-order valence-electron chi connectivity index (χ0n) is 13.9. The van der Waals surface area contributed by atoms with E-state index in [1.54, 1.807) is 48.8 Å². The summed E-state index contributed by atoms with van der Waals surface area (Å²) in [4.78, 5) is 16.9. The number of hydrogen-bond donors (Lipinski definition) is 1. The van der Waals surface area contributed by atoms with E-state index in [0.29, 0.717) is 12.1 Å². The third kappa shape index (κ3) is 3.69. The third-order valence-electron chi connectivity index (χ3n) is 3.89. The minimum Gasteiger partial charge on any atom is -0.344 e. The van der Waals surface area contributed by atoms with Crippen molar-refractivity contribution in [3.8, 4) is 0 Å². The van der Waals surface area contributed by atoms with Crippen molar-refractivity contribution in [1.82, 2.24) is 19.9 Å². The summed E-state index contributed by atoms with van der Waals surface area (Å²) in [5.74, 6) is -0.301. The lowest BCUT2D eigenvalue weighted by Crippen LogP contribution is -2.28. The molecule has 7 nitrogen and oxygen atoms in total. The number of nitrogens with zero attached hydrogens (tertiary/aromatic N) is 3. The monoisotopic (exact) mass is 358 g/mol. The molecule has 0 saturated carbocycles. The van der Waals surface area contributed by atoms with Gasteiger partial charge in [-0.05, 0) is 30.2 Å². The highest BCUT2D eigenvalue weighted by Crippen LogP contribution is 2.20. The van der Waals surface area contributed by atoms with Crippen molar-refractivity contribution >= 4 is 21.4 Å². The standard InChI is InChI=1S/C17H18N4O3S/c1-3-14(12-5-7-13(8-6-12)25(2,23)24)19-17(22)15-11-16-18-9-4-10-21(16)20-15/h4-11,14H,3H2,1-2H3,(H,19,22)/t14-/m0/s1. The molecule has 3 aromatic rings. The van der Waals surface area contributed by atoms with Crippen molar-refractivity contribution in [2.24, 2.45) is 0 Å². The highest BCUT2D eigenvalue weighted by Gasteiger charge is 2.17. The lowest BCUT2D eigenvalue weighted by atomic mass is 10.0. The first-order chi connectivity index (χ1) is 11.9. The summed E-state index contributed by atoms with van der Waals surface area (Å²) in [5.41, 5.74) is 1.72. The molecular formula is C17H18N4O3S. The van der Waals surface area contributed by atoms with Crippen molar-refractivity contribution in [1.29, 1.82) is 0 Å². The van der Waals surface area contributed by atoms with Gasteiger partial charge in [0.25, 0.3) is 5.91 Å². The van der Waals surface area contributed by atoms with Crippen LogP contribution < -0.4 is 5.32 Å². The fourth-order valence-electron chi connectivity index (χ4n) is 2.54. The van der Waals surface area contributed by atoms with Gasteiger partial charge in [-0.25, -0.2) is 17.9 Å². The number of sulfone groups is 1. The van der Waals surface area contributed by atoms with Crippen LogP contribution in [-0.4, -0.2) is 35.2 Å². The molecule has 0 spiro atoms. The molecule has 8 heteroatoms. The summed E-state index contributed by atoms with van der Waals surface area (Å²) in [7, 11) is -3.24. The van der Waals surface area contributed by atoms with Gasteiger partial charge < -0.3 is 5.32 Å². The number of amides is 1. The van der Waals surface area contributed by atoms with Crippen LogP contribution in [0.1, 0.15) is 35.4 Å². The maximum absolute atomic E-state index is 12.5. The van der Waals surface area contributed by atoms with E-state index in [0.717, 1.165) is 5.56 Å². The Kier molecular flexibility index (Phi) is 4.54. The molecule has 0 bridgehead atoms. The summed E-state index contributed by atoms with van der Waals surface area (Å²) in [6.07, 6.45) is 5.19. The first-order valence-electron chi connectivity index (χ1n) is 7.80. The third-order valence-corrected chi connectivity index (χ3v) is 5.02. The Morgan fingerprint density at radius 3 is 2.60 bits per heavy atom. The summed E-state index contributed by atoms with van der Waals surface area (Å²) >= 11 is 0. The number of hydrogen-bond acceptors (Lipinski definition) is 5. The highest BCUT2D eigenvalue weighted by molar-refractivity contribution is 7.90. The number of carbonyl (C=O) groups excluding carboxylic acids is 1. The Morgan fingerprint density at radius 2 is 2.00 bits per heavy atom. The molecule has 1 amide bonds. The molecule has 0 saturated heterocycles. The van der Waals surface area contributed by atoms with Crippen LogP contribution in [-0.2, 0) is 9.84 Å². The maximum Gasteiger partial charge on any atom is 0.272 e. The number of carbonyl (C=O) groups is 1. The molecular weight excluding hydrogens is 340 g/mol. The molecule has 0 aliphatic rings. The smallest absolute Gasteiger partial charge is 0.272 e. The largest absolute Gasteiger partial charge is 0.344 e. The topological polar surface area (TPSA) is 93.4 Å². The zero-order chi connectivity index (χ0) is 18.0. The Hall–Kier alpha value is -2.74. The van der Waals surface area contributed by atoms with Gasteiger partial charge in [-0.15, -0.1) is 0 Å². The normalized spacial score (nSPS) is 12.9. The predicted octanol–water partition coefficient (Wildman–Crippen LogP) is 2.01. The van der Waals surface area contributed by atoms with E-state index in [9.17, 15) is 13.2 Å². The molecule has 1 atom stereocenters. The van der Waals surface area contributed by atoms with Gasteiger partial charge in [-0.3, -0.25) is 4.79 Å². The molecule has 0 aliphatic carbocycles. The second-order valence-electron chi connectivity index (χ2n) is 5.73. The van der Waals surface area contributed by atoms with Crippen LogP contribution in [0.3, 0.4) is 0 Å². The Morgan fingerprint density at radius 1 is 1.28 bits per heavy atom. The van der Waals surface area contributed by atoms with Gasteiger partial charge in [0.2, 0.25) is 0 Å². The Labute approximate surface area is 145 Å². The lowest BCUT2D eigenvalue weighted by Gasteiger charge is -2.17. The van der Waals surface area contributed by atoms with E-state index in [1.165, 1.54) is 10.8 Å². The minimum atomic E-state index is -3.24. The summed E-state index contributed by atoms with van der Waals surface area (Å²) in [6, 6.07) is 9.66. The van der Waals surface area contributed by atoms with Crippen LogP contribution >= 0.6 is 0 Å². The fourth-order valence-corrected chi connectivity index (χ4v) is 3.17. The van der Waals surface area contributed by atoms with Crippen molar-refractivity contribution in [2.45, 2.75) is 24.3 Å². The number of fused-ring (bicyclic) bond motifs is 1. The molecule has 2 aromatic heterocycles. The number of nitrogens with one attached hydrogen (secondary N) is 1. The number of aromatic nitrogens is 3. The van der Waals surface area contributed by atoms with E-state index in [4.69, 9.17) is 0 Å². The van der Waals surface area contributed by atoms with E-state index < -0.39 is 9.84 Å². The van der Waals surface area contributed by atoms with Gasteiger partial charge in [0.15, 0.2) is 21.2 Å². The predicted molar refractivity (Wildman–Crippen MR) is 93.0 cm³/mol. The molecule has 0 radical (unpaired) electrons. The quantitative estimate of drug-likeness (QED) is 0.753. The van der Waals surface area contributed by atoms with Crippen LogP contribution in [0.5, 0.6) is 0 Å². The zero-order valence-corrected chi connectivity index (χ0v) is 14.7. The van der Waals surface area contributed by atoms with Gasteiger partial charge in [-0.1, -0.05) is 19.1 Å². The fraction of sp³-hybridized carbons (Fsp3) is 0.235. The average molecular weight is 358 g/mol. The minimum absolute atomic E-state index is 0.237. The lowest BCUT2D eigenvalue weighted by molar-refractivity contribution is 0.0930. The number of rotatable bonds is 5. The van der Waals surface area contributed by atoms with Crippen LogP contribution in [0.25, 0.3) is 5.65 Å². The van der Waals surface area contributed by atoms with Crippen molar-refractivity contribution < 1.29 is 13.2 Å². The van der Waals surface area contributed by atoms with Crippen LogP contribution in [0.4, 0.5) is 0 Å². The molecule has 2 heterocycles. The molecule has 3 rings (SSSR count). The molecule has 1 N–H and O–H groups in total. The Balaban J connectivity index is 1.80. The van der Waals surface area contributed by atoms with E-state index in [-0.39, 0.29) is 22.5 Å². The Bertz CT molecular complexity index is 977. The molecule has 130 valence electrons. The molecule has 25 heavy (non-hydrogen) atoms. The first kappa shape index (κ1) is 17.1. The summed E-state index contributed by atoms with van der Waals surface area (Å²) in [6.45, 7) is 1.95. The molecule has 0 fully saturated rings. The van der Waals surface area contributed by atoms with Crippen LogP contribution in [0.15, 0.2) is 53.7 Å². The van der Waals surface area contributed by atoms with Gasteiger partial charge in [-0.2, -0.15) is 5.10 Å². The molecule has 0 aliphatic heterocycles. The van der Waals surface area contributed by atoms with Gasteiger partial charge in [0.05, 0.1) is 10.9 Å². The summed E-state index contributed by atoms with van der Waals surface area (Å²) < 4.78 is 24.6. The highest BCUT2D eigenvalue weighted by atomic mass is 32.2. The van der Waals surface area contributed by atoms with Crippen molar-refractivity contribution in [2.75, 3.05) is 6.26 Å². The second kappa shape index (κ2) is 6.64. The van der Waals surface area contributed by atoms with Crippen LogP contribution in [0.2, 0.25) is 0 Å². The SMILES string of the molecule is CC[C@H](NC(=O)c1cc2ncccn2n1)c1ccc(S(C)(=O)=O)cc1. The van der Waals surface area contributed by atoms with E-state index in [2.05, 4.69) is 15.4 Å². The molecule has 1 aromatic carbocycles. The maximum atomic E-state index is 12.5. The van der Waals surface area contributed by atoms with Crippen LogP contribution in [0, 0.1) is 0 Å². The second-order valence-corrected chi connectivity index (χ2v) is 7.74. The first-order valence-corrected chi connectivity index (χ1v) is 9.69. The van der Waals surface area contributed by atoms with E-state index >= 15 is 0 Å². The number of benzene rings is 1. The van der Waals surface area contributed by atoms with Gasteiger partial charge >= 0.3 is 0 Å².